The summed E-state index contributed by atoms with van der Waals surface area (Å²) in [6.07, 6.45) is 11.5. The van der Waals surface area contributed by atoms with E-state index < -0.39 is 5.97 Å². The van der Waals surface area contributed by atoms with Gasteiger partial charge in [-0.05, 0) is 13.8 Å². The number of ether oxygens (including phenoxy) is 2. The van der Waals surface area contributed by atoms with Crippen LogP contribution in [-0.2, 0) is 62.3 Å². The third-order valence-electron chi connectivity index (χ3n) is 7.42. The normalized spacial score (nSPS) is 13.1. The van der Waals surface area contributed by atoms with Crippen LogP contribution in [0.5, 0.6) is 0 Å². The van der Waals surface area contributed by atoms with Gasteiger partial charge < -0.3 is 16.1 Å². The Morgan fingerprint density at radius 3 is 1.59 bits per heavy atom. The average Bonchev–Trinajstić information content (AvgIpc) is 3.46. The molecule has 2 heterocycles. The molecule has 0 bridgehead atoms. The van der Waals surface area contributed by atoms with Crippen LogP contribution >= 0.6 is 0 Å². The number of carbonyl (C=O) groups is 2. The third-order valence-corrected chi connectivity index (χ3v) is 10.3. The summed E-state index contributed by atoms with van der Waals surface area (Å²) in [5.74, 6) is -0.918. The van der Waals surface area contributed by atoms with E-state index in [4.69, 9.17) is 31.1 Å². The molecule has 0 unspecified atom stereocenters. The van der Waals surface area contributed by atoms with Crippen LogP contribution in [0.25, 0.3) is 0 Å². The average molecular weight is 1020 g/mol. The molecule has 1 amide bonds. The first-order valence-electron chi connectivity index (χ1n) is 14.5. The summed E-state index contributed by atoms with van der Waals surface area (Å²) < 4.78 is 15.2. The number of aromatic nitrogens is 4. The summed E-state index contributed by atoms with van der Waals surface area (Å²) in [5, 5.41) is 35.1. The van der Waals surface area contributed by atoms with Crippen molar-refractivity contribution in [2.75, 3.05) is 14.2 Å². The molecule has 0 aromatic carbocycles. The van der Waals surface area contributed by atoms with Crippen molar-refractivity contribution in [3.8, 4) is 0 Å². The van der Waals surface area contributed by atoms with Crippen LogP contribution in [0, 0.1) is 38.5 Å². The molecular weight excluding hydrogens is 976 g/mol. The summed E-state index contributed by atoms with van der Waals surface area (Å²) in [5.41, 5.74) is 13.1. The van der Waals surface area contributed by atoms with Gasteiger partial charge in [0.15, 0.2) is 0 Å². The fourth-order valence-electron chi connectivity index (χ4n) is 4.73. The fraction of sp³-hybridized carbons (Fsp3) is 0.375. The van der Waals surface area contributed by atoms with Crippen molar-refractivity contribution in [2.45, 2.75) is 53.4 Å². The number of amidine groups is 2. The number of aromatic carboxylic acids is 1. The summed E-state index contributed by atoms with van der Waals surface area (Å²) >= 11 is 2.53. The number of carboxylic acids is 1. The SMILES string of the molecule is CO[C](=[W])C1=CCCC(C(=N)N)=C1.CO[C](=[W])C1=CCCC(C(=N)NC(=O)c2c(C)c(C)nn2C)=C1.Cc1nn(C)c(C(=O)O)c1C.O.O. The number of carbonyl (C=O) groups excluding carboxylic acids is 1. The number of hydrogen-bond donors (Lipinski definition) is 5. The van der Waals surface area contributed by atoms with Gasteiger partial charge in [0, 0.05) is 12.6 Å². The second kappa shape index (κ2) is 20.8. The van der Waals surface area contributed by atoms with E-state index in [1.165, 1.54) is 43.4 Å². The Balaban J connectivity index is 0.000000755. The third kappa shape index (κ3) is 12.4. The molecule has 0 saturated heterocycles. The number of aryl methyl sites for hydroxylation is 4. The number of nitrogens with zero attached hydrogens (tertiary/aromatic N) is 4. The van der Waals surface area contributed by atoms with E-state index in [1.54, 1.807) is 46.8 Å². The minimum atomic E-state index is -0.925. The first kappa shape index (κ1) is 45.4. The number of nitrogens with one attached hydrogen (secondary N) is 3. The van der Waals surface area contributed by atoms with Gasteiger partial charge in [0.1, 0.15) is 5.69 Å². The first-order chi connectivity index (χ1) is 22.0. The zero-order valence-corrected chi connectivity index (χ0v) is 34.8. The predicted octanol–water partition coefficient (Wildman–Crippen LogP) is 1.69. The van der Waals surface area contributed by atoms with E-state index in [2.05, 4.69) is 27.7 Å². The van der Waals surface area contributed by atoms with Crippen LogP contribution in [0.3, 0.4) is 0 Å². The zero-order chi connectivity index (χ0) is 35.6. The monoisotopic (exact) mass is 1020 g/mol. The van der Waals surface area contributed by atoms with E-state index in [0.717, 1.165) is 78.7 Å². The maximum Gasteiger partial charge on any atom is 0.354 e. The maximum absolute atomic E-state index is 12.4. The summed E-state index contributed by atoms with van der Waals surface area (Å²) in [7, 11) is 6.67. The molecule has 15 nitrogen and oxygen atoms in total. The number of amides is 1. The standard InChI is InChI=1S/C16H20N4O2.C9H12N2O.C7H10N2O2.2H2O.2W/c1-10-11(2)19-20(3)14(10)16(21)18-15(17)13-7-5-6-12(8-13)9-22-4;1-12-6-7-3-2-4-8(5-7)9(10)11;1-4-5(2)8-9(3)6(4)7(10)11;;;;/h6,8H,5,7H2,1-4H3,(H2,17,18,21);3,5H,2,4H2,1H3,(H3,10,11);1-3H3,(H,10,11);2*1H2;;. The predicted molar refractivity (Wildman–Crippen MR) is 181 cm³/mol. The topological polar surface area (TPSA) is 257 Å². The van der Waals surface area contributed by atoms with Gasteiger partial charge in [-0.25, -0.2) is 4.79 Å². The molecule has 17 heteroatoms. The van der Waals surface area contributed by atoms with E-state index in [-0.39, 0.29) is 34.2 Å². The molecule has 0 radical (unpaired) electrons. The molecule has 0 atom stereocenters. The van der Waals surface area contributed by atoms with Gasteiger partial charge in [0.05, 0.1) is 5.69 Å². The van der Waals surface area contributed by atoms with Crippen molar-refractivity contribution in [1.82, 2.24) is 24.9 Å². The Kier molecular flexibility index (Phi) is 19.3. The fourth-order valence-corrected chi connectivity index (χ4v) is 5.75. The van der Waals surface area contributed by atoms with Gasteiger partial charge in [0.2, 0.25) is 0 Å². The molecular formula is C32H46N8O7W2. The van der Waals surface area contributed by atoms with Crippen molar-refractivity contribution < 1.29 is 73.8 Å². The van der Waals surface area contributed by atoms with E-state index in [1.807, 2.05) is 26.0 Å². The number of allylic oxidation sites excluding steroid dienone is 2. The van der Waals surface area contributed by atoms with E-state index in [0.29, 0.717) is 5.69 Å². The molecule has 49 heavy (non-hydrogen) atoms. The van der Waals surface area contributed by atoms with Gasteiger partial charge >= 0.3 is 241 Å². The molecule has 0 spiro atoms. The van der Waals surface area contributed by atoms with Crippen molar-refractivity contribution >= 4 is 31.7 Å². The van der Waals surface area contributed by atoms with Crippen molar-refractivity contribution in [3.63, 3.8) is 0 Å². The van der Waals surface area contributed by atoms with Crippen LogP contribution in [0.2, 0.25) is 0 Å². The summed E-state index contributed by atoms with van der Waals surface area (Å²) in [4.78, 5) is 23.0. The molecule has 2 aliphatic carbocycles. The van der Waals surface area contributed by atoms with Crippen molar-refractivity contribution in [2.24, 2.45) is 19.8 Å². The van der Waals surface area contributed by atoms with Gasteiger partial charge in [-0.1, -0.05) is 0 Å². The Labute approximate surface area is 307 Å². The van der Waals surface area contributed by atoms with Crippen LogP contribution in [-0.4, -0.2) is 81.6 Å². The van der Waals surface area contributed by atoms with Crippen LogP contribution < -0.4 is 11.1 Å². The summed E-state index contributed by atoms with van der Waals surface area (Å²) in [6, 6.07) is 0. The van der Waals surface area contributed by atoms with Gasteiger partial charge in [0.25, 0.3) is 0 Å². The molecule has 0 aliphatic heterocycles. The number of carboxylic acid groups (broad SMARTS) is 1. The van der Waals surface area contributed by atoms with Gasteiger partial charge in [-0.3, -0.25) is 4.68 Å². The number of methoxy groups -OCH3 is 2. The van der Waals surface area contributed by atoms with Crippen LogP contribution in [0.4, 0.5) is 0 Å². The molecule has 10 N–H and O–H groups in total. The molecule has 2 aromatic rings. The summed E-state index contributed by atoms with van der Waals surface area (Å²) in [6.45, 7) is 7.28. The zero-order valence-electron chi connectivity index (χ0n) is 28.9. The Morgan fingerprint density at radius 2 is 1.24 bits per heavy atom. The second-order valence-corrected chi connectivity index (χ2v) is 13.3. The quantitative estimate of drug-likeness (QED) is 0.192. The molecule has 0 fully saturated rings. The maximum atomic E-state index is 12.4. The number of hydrogen-bond acceptors (Lipinski definition) is 8. The Bertz CT molecular complexity index is 1730. The molecule has 4 rings (SSSR count). The second-order valence-electron chi connectivity index (χ2n) is 10.6. The van der Waals surface area contributed by atoms with Crippen LogP contribution in [0.1, 0.15) is 69.2 Å². The number of nitrogens with two attached hydrogens (primary N) is 1. The minimum absolute atomic E-state index is 0. The van der Waals surface area contributed by atoms with Gasteiger partial charge in [-0.2, -0.15) is 5.10 Å². The first-order valence-corrected chi connectivity index (χ1v) is 17.4. The minimum Gasteiger partial charge on any atom is -0.477 e. The van der Waals surface area contributed by atoms with E-state index >= 15 is 0 Å². The van der Waals surface area contributed by atoms with Crippen molar-refractivity contribution in [3.05, 3.63) is 80.5 Å². The Morgan fingerprint density at radius 1 is 0.837 bits per heavy atom. The molecule has 268 valence electrons. The number of rotatable bonds is 8. The van der Waals surface area contributed by atoms with Crippen LogP contribution in [0.15, 0.2) is 46.6 Å². The van der Waals surface area contributed by atoms with Crippen molar-refractivity contribution in [1.29, 1.82) is 10.8 Å². The smallest absolute Gasteiger partial charge is 0.354 e. The van der Waals surface area contributed by atoms with E-state index in [9.17, 15) is 9.59 Å². The van der Waals surface area contributed by atoms with Gasteiger partial charge in [-0.15, -0.1) is 0 Å². The molecule has 2 aliphatic rings. The largest absolute Gasteiger partial charge is 0.477 e. The Hall–Kier alpha value is -3.58. The molecule has 2 aromatic heterocycles. The molecule has 0 saturated carbocycles.